The summed E-state index contributed by atoms with van der Waals surface area (Å²) in [5.74, 6) is -0.514. The van der Waals surface area contributed by atoms with Crippen LogP contribution < -0.4 is 15.4 Å². The largest absolute Gasteiger partial charge is 0.457 e. The summed E-state index contributed by atoms with van der Waals surface area (Å²) in [5, 5.41) is 6.28. The molecule has 7 nitrogen and oxygen atoms in total. The van der Waals surface area contributed by atoms with E-state index in [2.05, 4.69) is 20.6 Å². The van der Waals surface area contributed by atoms with Crippen LogP contribution in [-0.4, -0.2) is 21.8 Å². The SMILES string of the molecule is O=C(Nc1ccc(F)cc1)C1(C(=O)Nc2ccc(Oc3ccnc4cc(-c5cncc(F)c5)ccc34)cc2)CC1. The van der Waals surface area contributed by atoms with Gasteiger partial charge in [0, 0.05) is 34.7 Å². The highest BCUT2D eigenvalue weighted by Crippen LogP contribution is 2.47. The molecule has 0 bridgehead atoms. The Balaban J connectivity index is 1.13. The van der Waals surface area contributed by atoms with Crippen LogP contribution in [0.4, 0.5) is 20.2 Å². The normalized spacial score (nSPS) is 13.4. The maximum absolute atomic E-state index is 13.6. The van der Waals surface area contributed by atoms with Gasteiger partial charge in [-0.1, -0.05) is 6.07 Å². The van der Waals surface area contributed by atoms with Crippen molar-refractivity contribution < 1.29 is 23.1 Å². The molecular formula is C31H22F2N4O3. The van der Waals surface area contributed by atoms with E-state index in [-0.39, 0.29) is 0 Å². The molecule has 3 aromatic carbocycles. The van der Waals surface area contributed by atoms with Gasteiger partial charge in [0.25, 0.3) is 0 Å². The number of carbonyl (C=O) groups excluding carboxylic acids is 2. The standard InChI is InChI=1S/C31H22F2N4O3/c32-21-2-4-23(5-3-21)36-29(38)31(12-13-31)30(39)37-24-6-8-25(9-7-24)40-28-11-14-35-27-16-19(1-10-26(27)28)20-15-22(33)18-34-17-20/h1-11,14-18H,12-13H2,(H,36,38)(H,37,39). The zero-order valence-corrected chi connectivity index (χ0v) is 21.0. The third-order valence-corrected chi connectivity index (χ3v) is 6.80. The van der Waals surface area contributed by atoms with Crippen molar-refractivity contribution >= 4 is 34.1 Å². The van der Waals surface area contributed by atoms with Crippen LogP contribution in [0, 0.1) is 17.0 Å². The zero-order chi connectivity index (χ0) is 27.7. The summed E-state index contributed by atoms with van der Waals surface area (Å²) in [6.07, 6.45) is 5.24. The van der Waals surface area contributed by atoms with Crippen molar-refractivity contribution in [3.63, 3.8) is 0 Å². The molecule has 5 aromatic rings. The first kappa shape index (κ1) is 25.1. The van der Waals surface area contributed by atoms with Crippen molar-refractivity contribution in [2.24, 2.45) is 5.41 Å². The third kappa shape index (κ3) is 5.09. The first-order chi connectivity index (χ1) is 19.4. The molecule has 0 atom stereocenters. The van der Waals surface area contributed by atoms with Crippen LogP contribution in [0.1, 0.15) is 12.8 Å². The van der Waals surface area contributed by atoms with Gasteiger partial charge in [0.1, 0.15) is 28.5 Å². The summed E-state index contributed by atoms with van der Waals surface area (Å²) in [6, 6.07) is 20.9. The lowest BCUT2D eigenvalue weighted by atomic mass is 10.0. The summed E-state index contributed by atoms with van der Waals surface area (Å²) in [4.78, 5) is 34.1. The van der Waals surface area contributed by atoms with Crippen LogP contribution in [0.2, 0.25) is 0 Å². The number of fused-ring (bicyclic) bond motifs is 1. The van der Waals surface area contributed by atoms with E-state index in [0.29, 0.717) is 46.8 Å². The van der Waals surface area contributed by atoms with Crippen LogP contribution in [0.15, 0.2) is 97.5 Å². The number of nitrogens with one attached hydrogen (secondary N) is 2. The molecule has 0 saturated heterocycles. The second-order valence-electron chi connectivity index (χ2n) is 9.56. The molecular weight excluding hydrogens is 514 g/mol. The summed E-state index contributed by atoms with van der Waals surface area (Å²) in [5.41, 5.74) is 1.90. The fourth-order valence-corrected chi connectivity index (χ4v) is 4.41. The van der Waals surface area contributed by atoms with Crippen LogP contribution in [-0.2, 0) is 9.59 Å². The molecule has 40 heavy (non-hydrogen) atoms. The predicted octanol–water partition coefficient (Wildman–Crippen LogP) is 6.72. The van der Waals surface area contributed by atoms with Gasteiger partial charge in [-0.25, -0.2) is 8.78 Å². The number of carbonyl (C=O) groups is 2. The van der Waals surface area contributed by atoms with Gasteiger partial charge in [-0.2, -0.15) is 0 Å². The Bertz CT molecular complexity index is 1740. The smallest absolute Gasteiger partial charge is 0.240 e. The Kier molecular flexibility index (Phi) is 6.39. The van der Waals surface area contributed by atoms with Crippen molar-refractivity contribution in [3.8, 4) is 22.6 Å². The van der Waals surface area contributed by atoms with Gasteiger partial charge in [0.05, 0.1) is 11.7 Å². The van der Waals surface area contributed by atoms with Crippen molar-refractivity contribution in [2.45, 2.75) is 12.8 Å². The molecule has 9 heteroatoms. The van der Waals surface area contributed by atoms with Gasteiger partial charge in [0.15, 0.2) is 0 Å². The van der Waals surface area contributed by atoms with Crippen molar-refractivity contribution in [1.82, 2.24) is 9.97 Å². The number of benzene rings is 3. The number of hydrogen-bond acceptors (Lipinski definition) is 5. The molecule has 1 aliphatic rings. The van der Waals surface area contributed by atoms with Gasteiger partial charge < -0.3 is 15.4 Å². The summed E-state index contributed by atoms with van der Waals surface area (Å²) in [7, 11) is 0. The number of rotatable bonds is 7. The number of aromatic nitrogens is 2. The van der Waals surface area contributed by atoms with E-state index in [4.69, 9.17) is 4.74 Å². The van der Waals surface area contributed by atoms with Crippen LogP contribution >= 0.6 is 0 Å². The summed E-state index contributed by atoms with van der Waals surface area (Å²) >= 11 is 0. The maximum Gasteiger partial charge on any atom is 0.240 e. The van der Waals surface area contributed by atoms with Crippen LogP contribution in [0.5, 0.6) is 11.5 Å². The van der Waals surface area contributed by atoms with E-state index < -0.39 is 28.9 Å². The fourth-order valence-electron chi connectivity index (χ4n) is 4.41. The monoisotopic (exact) mass is 536 g/mol. The molecule has 0 unspecified atom stereocenters. The van der Waals surface area contributed by atoms with E-state index in [9.17, 15) is 18.4 Å². The van der Waals surface area contributed by atoms with E-state index in [0.717, 1.165) is 17.1 Å². The quantitative estimate of drug-likeness (QED) is 0.225. The Morgan fingerprint density at radius 1 is 0.750 bits per heavy atom. The number of anilines is 2. The molecule has 0 spiro atoms. The first-order valence-electron chi connectivity index (χ1n) is 12.6. The molecule has 0 aliphatic heterocycles. The van der Waals surface area contributed by atoms with Crippen LogP contribution in [0.25, 0.3) is 22.0 Å². The first-order valence-corrected chi connectivity index (χ1v) is 12.6. The fraction of sp³-hybridized carbons (Fsp3) is 0.0968. The lowest BCUT2D eigenvalue weighted by Crippen LogP contribution is -2.35. The molecule has 2 N–H and O–H groups in total. The van der Waals surface area contributed by atoms with Gasteiger partial charge in [-0.05, 0) is 91.2 Å². The van der Waals surface area contributed by atoms with Gasteiger partial charge in [-0.3, -0.25) is 19.6 Å². The number of pyridine rings is 2. The molecule has 2 heterocycles. The lowest BCUT2D eigenvalue weighted by Gasteiger charge is -2.16. The lowest BCUT2D eigenvalue weighted by molar-refractivity contribution is -0.131. The van der Waals surface area contributed by atoms with Gasteiger partial charge in [-0.15, -0.1) is 0 Å². The Hall–Kier alpha value is -5.18. The number of halogens is 2. The second-order valence-corrected chi connectivity index (χ2v) is 9.56. The van der Waals surface area contributed by atoms with Crippen molar-refractivity contribution in [3.05, 3.63) is 109 Å². The minimum absolute atomic E-state index is 0.398. The number of amides is 2. The van der Waals surface area contributed by atoms with Crippen molar-refractivity contribution in [2.75, 3.05) is 10.6 Å². The van der Waals surface area contributed by atoms with Gasteiger partial charge >= 0.3 is 0 Å². The summed E-state index contributed by atoms with van der Waals surface area (Å²) < 4.78 is 32.8. The average Bonchev–Trinajstić information content (AvgIpc) is 3.78. The molecule has 1 aliphatic carbocycles. The Morgan fingerprint density at radius 3 is 2.08 bits per heavy atom. The Morgan fingerprint density at radius 2 is 1.43 bits per heavy atom. The molecule has 198 valence electrons. The highest BCUT2D eigenvalue weighted by atomic mass is 19.1. The van der Waals surface area contributed by atoms with E-state index in [1.165, 1.54) is 30.3 Å². The van der Waals surface area contributed by atoms with Gasteiger partial charge in [0.2, 0.25) is 11.8 Å². The summed E-state index contributed by atoms with van der Waals surface area (Å²) in [6.45, 7) is 0. The molecule has 2 aromatic heterocycles. The number of hydrogen-bond donors (Lipinski definition) is 2. The van der Waals surface area contributed by atoms with E-state index >= 15 is 0 Å². The minimum Gasteiger partial charge on any atom is -0.457 e. The molecule has 1 fully saturated rings. The molecule has 6 rings (SSSR count). The van der Waals surface area contributed by atoms with Crippen LogP contribution in [0.3, 0.4) is 0 Å². The highest BCUT2D eigenvalue weighted by Gasteiger charge is 2.56. The maximum atomic E-state index is 13.6. The third-order valence-electron chi connectivity index (χ3n) is 6.80. The van der Waals surface area contributed by atoms with Crippen molar-refractivity contribution in [1.29, 1.82) is 0 Å². The average molecular weight is 537 g/mol. The highest BCUT2D eigenvalue weighted by molar-refractivity contribution is 6.16. The minimum atomic E-state index is -1.15. The zero-order valence-electron chi connectivity index (χ0n) is 21.0. The predicted molar refractivity (Wildman–Crippen MR) is 147 cm³/mol. The number of ether oxygens (including phenoxy) is 1. The molecule has 2 amide bonds. The number of nitrogens with zero attached hydrogens (tertiary/aromatic N) is 2. The Labute approximate surface area is 227 Å². The van der Waals surface area contributed by atoms with E-state index in [1.807, 2.05) is 18.2 Å². The molecule has 1 saturated carbocycles. The van der Waals surface area contributed by atoms with E-state index in [1.54, 1.807) is 42.7 Å². The molecule has 0 radical (unpaired) electrons. The topological polar surface area (TPSA) is 93.2 Å². The second kappa shape index (κ2) is 10.2.